The lowest BCUT2D eigenvalue weighted by Crippen LogP contribution is -2.26. The molecule has 0 radical (unpaired) electrons. The van der Waals surface area contributed by atoms with E-state index in [1.54, 1.807) is 0 Å². The van der Waals surface area contributed by atoms with Crippen LogP contribution in [0.15, 0.2) is 29.3 Å². The van der Waals surface area contributed by atoms with E-state index in [0.29, 0.717) is 10.2 Å². The van der Waals surface area contributed by atoms with Crippen molar-refractivity contribution >= 4 is 33.3 Å². The number of aryl methyl sites for hydroxylation is 2. The van der Waals surface area contributed by atoms with Crippen LogP contribution in [0.25, 0.3) is 10.2 Å². The normalized spacial score (nSPS) is 10.9. The molecule has 0 saturated heterocycles. The fraction of sp³-hybridized carbons (Fsp3) is 0.263. The highest BCUT2D eigenvalue weighted by Gasteiger charge is 2.17. The van der Waals surface area contributed by atoms with Crippen LogP contribution in [0.3, 0.4) is 0 Å². The average molecular weight is 404 g/mol. The number of Topliss-reactive ketones (excluding diaryl/α,β-unsaturated/α-hetero) is 1. The molecule has 3 rings (SSSR count). The number of benzene rings is 1. The topological polar surface area (TPSA) is 87.5 Å². The summed E-state index contributed by atoms with van der Waals surface area (Å²) in [5, 5.41) is 0.471. The zero-order chi connectivity index (χ0) is 20.4. The number of ketones is 1. The molecule has 7 nitrogen and oxygen atoms in total. The molecule has 0 aliphatic carbocycles. The Hall–Kier alpha value is -3.07. The van der Waals surface area contributed by atoms with Crippen LogP contribution in [0.5, 0.6) is 5.75 Å². The van der Waals surface area contributed by atoms with E-state index < -0.39 is 24.2 Å². The summed E-state index contributed by atoms with van der Waals surface area (Å²) in [6, 6.07) is 3.49. The van der Waals surface area contributed by atoms with Gasteiger partial charge in [-0.1, -0.05) is 0 Å². The van der Waals surface area contributed by atoms with Crippen molar-refractivity contribution < 1.29 is 23.5 Å². The van der Waals surface area contributed by atoms with Crippen LogP contribution in [0.1, 0.15) is 20.8 Å². The van der Waals surface area contributed by atoms with Gasteiger partial charge < -0.3 is 9.47 Å². The van der Waals surface area contributed by atoms with Gasteiger partial charge in [0, 0.05) is 4.88 Å². The van der Waals surface area contributed by atoms with Crippen LogP contribution < -0.4 is 10.3 Å². The van der Waals surface area contributed by atoms with Crippen LogP contribution in [0, 0.1) is 19.7 Å². The molecular weight excluding hydrogens is 387 g/mol. The smallest absolute Gasteiger partial charge is 0.326 e. The maximum absolute atomic E-state index is 13.4. The van der Waals surface area contributed by atoms with Crippen molar-refractivity contribution in [2.24, 2.45) is 0 Å². The second kappa shape index (κ2) is 7.89. The highest BCUT2D eigenvalue weighted by atomic mass is 32.1. The van der Waals surface area contributed by atoms with Gasteiger partial charge in [0.25, 0.3) is 5.56 Å². The first-order chi connectivity index (χ1) is 13.3. The monoisotopic (exact) mass is 404 g/mol. The summed E-state index contributed by atoms with van der Waals surface area (Å²) in [5.41, 5.74) is 0.454. The van der Waals surface area contributed by atoms with Crippen molar-refractivity contribution in [1.82, 2.24) is 9.55 Å². The minimum atomic E-state index is -0.781. The number of carbonyl (C=O) groups excluding carboxylic acids is 2. The third-order valence-electron chi connectivity index (χ3n) is 4.28. The van der Waals surface area contributed by atoms with Gasteiger partial charge in [0.2, 0.25) is 5.78 Å². The number of hydrogen-bond donors (Lipinski definition) is 0. The van der Waals surface area contributed by atoms with Crippen LogP contribution in [0.4, 0.5) is 4.39 Å². The maximum atomic E-state index is 13.4. The van der Waals surface area contributed by atoms with Crippen molar-refractivity contribution in [2.45, 2.75) is 20.4 Å². The van der Waals surface area contributed by atoms with Gasteiger partial charge in [-0.15, -0.1) is 11.3 Å². The molecule has 146 valence electrons. The molecule has 0 N–H and O–H groups in total. The number of esters is 1. The SMILES string of the molecule is COc1ccc(F)cc1C(=O)COC(=O)Cn1cnc2sc(C)c(C)c2c1=O. The summed E-state index contributed by atoms with van der Waals surface area (Å²) in [6.07, 6.45) is 1.28. The zero-order valence-corrected chi connectivity index (χ0v) is 16.3. The maximum Gasteiger partial charge on any atom is 0.326 e. The molecule has 2 aromatic heterocycles. The molecule has 0 aliphatic heterocycles. The lowest BCUT2D eigenvalue weighted by molar-refractivity contribution is -0.143. The fourth-order valence-electron chi connectivity index (χ4n) is 2.69. The first-order valence-electron chi connectivity index (χ1n) is 8.29. The van der Waals surface area contributed by atoms with Crippen LogP contribution >= 0.6 is 11.3 Å². The van der Waals surface area contributed by atoms with Crippen molar-refractivity contribution in [3.8, 4) is 5.75 Å². The second-order valence-electron chi connectivity index (χ2n) is 6.07. The van der Waals surface area contributed by atoms with Crippen LogP contribution in [-0.4, -0.2) is 35.0 Å². The Bertz CT molecular complexity index is 1140. The van der Waals surface area contributed by atoms with Crippen molar-refractivity contribution in [3.05, 3.63) is 56.7 Å². The predicted octanol–water partition coefficient (Wildman–Crippen LogP) is 2.65. The van der Waals surface area contributed by atoms with E-state index >= 15 is 0 Å². The second-order valence-corrected chi connectivity index (χ2v) is 7.27. The number of thiophene rings is 1. The quantitative estimate of drug-likeness (QED) is 0.464. The standard InChI is InChI=1S/C19H17FN2O5S/c1-10-11(2)28-18-17(10)19(25)22(9-21-18)7-16(24)27-8-14(23)13-6-12(20)4-5-15(13)26-3/h4-6,9H,7-8H2,1-3H3. The molecule has 0 unspecified atom stereocenters. The van der Waals surface area contributed by atoms with E-state index in [4.69, 9.17) is 9.47 Å². The van der Waals surface area contributed by atoms with Gasteiger partial charge in [0.1, 0.15) is 22.9 Å². The van der Waals surface area contributed by atoms with E-state index in [0.717, 1.165) is 27.1 Å². The van der Waals surface area contributed by atoms with Gasteiger partial charge in [0.15, 0.2) is 6.61 Å². The summed E-state index contributed by atoms with van der Waals surface area (Å²) < 4.78 is 24.5. The molecule has 28 heavy (non-hydrogen) atoms. The van der Waals surface area contributed by atoms with Gasteiger partial charge in [-0.05, 0) is 37.6 Å². The van der Waals surface area contributed by atoms with Crippen LogP contribution in [0.2, 0.25) is 0 Å². The van der Waals surface area contributed by atoms with Crippen molar-refractivity contribution in [2.75, 3.05) is 13.7 Å². The molecule has 0 atom stereocenters. The number of carbonyl (C=O) groups is 2. The molecule has 2 heterocycles. The molecule has 0 aliphatic rings. The third-order valence-corrected chi connectivity index (χ3v) is 5.40. The van der Waals surface area contributed by atoms with E-state index in [-0.39, 0.29) is 23.4 Å². The van der Waals surface area contributed by atoms with Gasteiger partial charge >= 0.3 is 5.97 Å². The number of aromatic nitrogens is 2. The van der Waals surface area contributed by atoms with E-state index in [1.165, 1.54) is 30.8 Å². The van der Waals surface area contributed by atoms with Crippen molar-refractivity contribution in [1.29, 1.82) is 0 Å². The lowest BCUT2D eigenvalue weighted by atomic mass is 10.1. The number of nitrogens with zero attached hydrogens (tertiary/aromatic N) is 2. The highest BCUT2D eigenvalue weighted by molar-refractivity contribution is 7.18. The Balaban J connectivity index is 1.71. The third kappa shape index (κ3) is 3.79. The summed E-state index contributed by atoms with van der Waals surface area (Å²) in [6.45, 7) is 2.74. The van der Waals surface area contributed by atoms with E-state index in [9.17, 15) is 18.8 Å². The van der Waals surface area contributed by atoms with Crippen LogP contribution in [-0.2, 0) is 16.1 Å². The minimum absolute atomic E-state index is 0.0278. The summed E-state index contributed by atoms with van der Waals surface area (Å²) in [4.78, 5) is 42.7. The zero-order valence-electron chi connectivity index (χ0n) is 15.4. The molecule has 1 aromatic carbocycles. The Morgan fingerprint density at radius 3 is 2.75 bits per heavy atom. The molecule has 0 amide bonds. The minimum Gasteiger partial charge on any atom is -0.496 e. The van der Waals surface area contributed by atoms with Gasteiger partial charge in [-0.3, -0.25) is 19.0 Å². The number of ether oxygens (including phenoxy) is 2. The van der Waals surface area contributed by atoms with Gasteiger partial charge in [-0.2, -0.15) is 0 Å². The molecule has 3 aromatic rings. The number of methoxy groups -OCH3 is 1. The number of hydrogen-bond acceptors (Lipinski definition) is 7. The summed E-state index contributed by atoms with van der Waals surface area (Å²) in [7, 11) is 1.35. The predicted molar refractivity (Wildman–Crippen MR) is 102 cm³/mol. The van der Waals surface area contributed by atoms with Gasteiger partial charge in [0.05, 0.1) is 24.4 Å². The summed E-state index contributed by atoms with van der Waals surface area (Å²) >= 11 is 1.41. The molecule has 9 heteroatoms. The highest BCUT2D eigenvalue weighted by Crippen LogP contribution is 2.25. The molecule has 0 fully saturated rings. The van der Waals surface area contributed by atoms with E-state index in [1.807, 2.05) is 13.8 Å². The lowest BCUT2D eigenvalue weighted by Gasteiger charge is -2.09. The molecule has 0 saturated carbocycles. The Morgan fingerprint density at radius 1 is 1.29 bits per heavy atom. The average Bonchev–Trinajstić information content (AvgIpc) is 2.96. The molecular formula is C19H17FN2O5S. The summed E-state index contributed by atoms with van der Waals surface area (Å²) in [5.74, 6) is -1.83. The first-order valence-corrected chi connectivity index (χ1v) is 9.11. The molecule has 0 bridgehead atoms. The van der Waals surface area contributed by atoms with Crippen molar-refractivity contribution in [3.63, 3.8) is 0 Å². The fourth-order valence-corrected chi connectivity index (χ4v) is 3.68. The number of fused-ring (bicyclic) bond motifs is 1. The number of halogens is 1. The Labute approximate surface area is 163 Å². The molecule has 0 spiro atoms. The number of rotatable bonds is 6. The Kier molecular flexibility index (Phi) is 5.55. The Morgan fingerprint density at radius 2 is 2.04 bits per heavy atom. The van der Waals surface area contributed by atoms with Gasteiger partial charge in [-0.25, -0.2) is 9.37 Å². The largest absolute Gasteiger partial charge is 0.496 e. The first kappa shape index (κ1) is 19.7. The van der Waals surface area contributed by atoms with E-state index in [2.05, 4.69) is 4.98 Å².